The van der Waals surface area contributed by atoms with E-state index in [0.29, 0.717) is 0 Å². The van der Waals surface area contributed by atoms with Crippen molar-refractivity contribution in [1.82, 2.24) is 9.97 Å². The fourth-order valence-electron chi connectivity index (χ4n) is 0.530. The van der Waals surface area contributed by atoms with Gasteiger partial charge in [0.2, 0.25) is 5.88 Å². The van der Waals surface area contributed by atoms with Crippen molar-refractivity contribution in [2.45, 2.75) is 13.8 Å². The normalized spacial score (nSPS) is 9.56. The number of hydrogen-bond acceptors (Lipinski definition) is 3. The summed E-state index contributed by atoms with van der Waals surface area (Å²) in [6, 6.07) is 0. The zero-order chi connectivity index (χ0) is 6.85. The molecule has 1 heterocycles. The van der Waals surface area contributed by atoms with Crippen LogP contribution in [0.15, 0.2) is 6.20 Å². The molecule has 0 aliphatic heterocycles. The van der Waals surface area contributed by atoms with E-state index in [1.54, 1.807) is 0 Å². The predicted molar refractivity (Wildman–Crippen MR) is 33.2 cm³/mol. The summed E-state index contributed by atoms with van der Waals surface area (Å²) in [7, 11) is 0. The van der Waals surface area contributed by atoms with Crippen LogP contribution in [0.4, 0.5) is 0 Å². The molecule has 0 unspecified atom stereocenters. The van der Waals surface area contributed by atoms with Crippen molar-refractivity contribution >= 4 is 0 Å². The van der Waals surface area contributed by atoms with Gasteiger partial charge in [0, 0.05) is 0 Å². The second kappa shape index (κ2) is 2.01. The number of nitrogens with zero attached hydrogens (tertiary/aromatic N) is 2. The average molecular weight is 124 g/mol. The lowest BCUT2D eigenvalue weighted by atomic mass is 10.4. The molecular weight excluding hydrogens is 116 g/mol. The van der Waals surface area contributed by atoms with Crippen LogP contribution in [0.25, 0.3) is 0 Å². The van der Waals surface area contributed by atoms with Crippen molar-refractivity contribution in [3.63, 3.8) is 0 Å². The van der Waals surface area contributed by atoms with Crippen LogP contribution in [-0.2, 0) is 0 Å². The molecule has 1 N–H and O–H groups in total. The van der Waals surface area contributed by atoms with Crippen LogP contribution in [0.1, 0.15) is 11.4 Å². The molecule has 1 aromatic rings. The minimum Gasteiger partial charge on any atom is -0.492 e. The fraction of sp³-hybridized carbons (Fsp3) is 0.333. The molecule has 0 bridgehead atoms. The van der Waals surface area contributed by atoms with Crippen molar-refractivity contribution in [2.75, 3.05) is 0 Å². The van der Waals surface area contributed by atoms with Crippen molar-refractivity contribution in [1.29, 1.82) is 0 Å². The van der Waals surface area contributed by atoms with Crippen molar-refractivity contribution in [3.05, 3.63) is 17.6 Å². The van der Waals surface area contributed by atoms with E-state index in [2.05, 4.69) is 9.97 Å². The van der Waals surface area contributed by atoms with Gasteiger partial charge in [-0.3, -0.25) is 4.98 Å². The first kappa shape index (κ1) is 6.01. The van der Waals surface area contributed by atoms with Gasteiger partial charge in [-0.15, -0.1) is 0 Å². The third-order valence-electron chi connectivity index (χ3n) is 1.18. The Balaban J connectivity index is 3.17. The summed E-state index contributed by atoms with van der Waals surface area (Å²) in [6.45, 7) is 3.66. The van der Waals surface area contributed by atoms with Crippen LogP contribution >= 0.6 is 0 Å². The van der Waals surface area contributed by atoms with E-state index in [9.17, 15) is 0 Å². The van der Waals surface area contributed by atoms with E-state index in [4.69, 9.17) is 5.11 Å². The minimum atomic E-state index is -0.0156. The summed E-state index contributed by atoms with van der Waals surface area (Å²) in [5, 5.41) is 8.76. The lowest BCUT2D eigenvalue weighted by Gasteiger charge is -1.95. The SMILES string of the molecule is Cc1ncc(O)nc1C. The van der Waals surface area contributed by atoms with E-state index < -0.39 is 0 Å². The first-order valence-corrected chi connectivity index (χ1v) is 2.69. The second-order valence-corrected chi connectivity index (χ2v) is 1.90. The molecule has 1 rings (SSSR count). The standard InChI is InChI=1S/C6H8N2O/c1-4-5(2)8-6(9)3-7-4/h3H,1-2H3,(H,8,9). The molecule has 0 aromatic carbocycles. The van der Waals surface area contributed by atoms with Crippen molar-refractivity contribution < 1.29 is 5.11 Å². The van der Waals surface area contributed by atoms with E-state index in [-0.39, 0.29) is 5.88 Å². The van der Waals surface area contributed by atoms with Gasteiger partial charge in [0.05, 0.1) is 17.6 Å². The van der Waals surface area contributed by atoms with Crippen molar-refractivity contribution in [2.24, 2.45) is 0 Å². The number of hydrogen-bond donors (Lipinski definition) is 1. The van der Waals surface area contributed by atoms with Crippen molar-refractivity contribution in [3.8, 4) is 5.88 Å². The van der Waals surface area contributed by atoms with Gasteiger partial charge < -0.3 is 5.11 Å². The lowest BCUT2D eigenvalue weighted by molar-refractivity contribution is 0.448. The van der Waals surface area contributed by atoms with Gasteiger partial charge in [0.15, 0.2) is 0 Å². The lowest BCUT2D eigenvalue weighted by Crippen LogP contribution is -1.88. The van der Waals surface area contributed by atoms with E-state index in [0.717, 1.165) is 11.4 Å². The van der Waals surface area contributed by atoms with Crippen LogP contribution < -0.4 is 0 Å². The third-order valence-corrected chi connectivity index (χ3v) is 1.18. The number of aromatic nitrogens is 2. The Labute approximate surface area is 53.4 Å². The monoisotopic (exact) mass is 124 g/mol. The largest absolute Gasteiger partial charge is 0.492 e. The highest BCUT2D eigenvalue weighted by molar-refractivity contribution is 5.12. The van der Waals surface area contributed by atoms with Crippen LogP contribution in [0, 0.1) is 13.8 Å². The Morgan fingerprint density at radius 1 is 1.33 bits per heavy atom. The fourth-order valence-corrected chi connectivity index (χ4v) is 0.530. The number of aryl methyl sites for hydroxylation is 2. The quantitative estimate of drug-likeness (QED) is 0.556. The summed E-state index contributed by atoms with van der Waals surface area (Å²) in [6.07, 6.45) is 1.34. The summed E-state index contributed by atoms with van der Waals surface area (Å²) in [5.74, 6) is -0.0156. The molecular formula is C6H8N2O. The van der Waals surface area contributed by atoms with Gasteiger partial charge in [0.25, 0.3) is 0 Å². The molecule has 9 heavy (non-hydrogen) atoms. The maximum absolute atomic E-state index is 8.76. The van der Waals surface area contributed by atoms with E-state index >= 15 is 0 Å². The maximum atomic E-state index is 8.76. The van der Waals surface area contributed by atoms with E-state index in [1.807, 2.05) is 13.8 Å². The van der Waals surface area contributed by atoms with Gasteiger partial charge in [-0.25, -0.2) is 4.98 Å². The highest BCUT2D eigenvalue weighted by atomic mass is 16.3. The molecule has 1 aromatic heterocycles. The van der Waals surface area contributed by atoms with Crippen LogP contribution in [-0.4, -0.2) is 15.1 Å². The maximum Gasteiger partial charge on any atom is 0.230 e. The predicted octanol–water partition coefficient (Wildman–Crippen LogP) is 0.799. The van der Waals surface area contributed by atoms with Gasteiger partial charge in [-0.2, -0.15) is 0 Å². The van der Waals surface area contributed by atoms with Gasteiger partial charge >= 0.3 is 0 Å². The zero-order valence-corrected chi connectivity index (χ0v) is 5.42. The minimum absolute atomic E-state index is 0.0156. The molecule has 48 valence electrons. The molecule has 3 heteroatoms. The Kier molecular flexibility index (Phi) is 1.34. The summed E-state index contributed by atoms with van der Waals surface area (Å²) in [4.78, 5) is 7.63. The topological polar surface area (TPSA) is 46.0 Å². The molecule has 0 radical (unpaired) electrons. The highest BCUT2D eigenvalue weighted by Gasteiger charge is 1.94. The van der Waals surface area contributed by atoms with Crippen LogP contribution in [0.5, 0.6) is 5.88 Å². The smallest absolute Gasteiger partial charge is 0.230 e. The summed E-state index contributed by atoms with van der Waals surface area (Å²) >= 11 is 0. The molecule has 3 nitrogen and oxygen atoms in total. The van der Waals surface area contributed by atoms with Gasteiger partial charge in [-0.1, -0.05) is 0 Å². The number of aromatic hydroxyl groups is 1. The second-order valence-electron chi connectivity index (χ2n) is 1.90. The molecule has 0 saturated heterocycles. The first-order chi connectivity index (χ1) is 4.20. The Hall–Kier alpha value is -1.12. The molecule has 0 saturated carbocycles. The van der Waals surface area contributed by atoms with Gasteiger partial charge in [0.1, 0.15) is 0 Å². The Morgan fingerprint density at radius 3 is 2.44 bits per heavy atom. The third kappa shape index (κ3) is 1.16. The highest BCUT2D eigenvalue weighted by Crippen LogP contribution is 2.04. The molecule has 0 amide bonds. The molecule has 0 atom stereocenters. The van der Waals surface area contributed by atoms with Crippen LogP contribution in [0.2, 0.25) is 0 Å². The van der Waals surface area contributed by atoms with E-state index in [1.165, 1.54) is 6.20 Å². The first-order valence-electron chi connectivity index (χ1n) is 2.69. The molecule has 0 aliphatic rings. The Bertz CT molecular complexity index is 222. The van der Waals surface area contributed by atoms with Gasteiger partial charge in [-0.05, 0) is 13.8 Å². The zero-order valence-electron chi connectivity index (χ0n) is 5.42. The summed E-state index contributed by atoms with van der Waals surface area (Å²) in [5.41, 5.74) is 1.63. The van der Waals surface area contributed by atoms with Crippen LogP contribution in [0.3, 0.4) is 0 Å². The summed E-state index contributed by atoms with van der Waals surface area (Å²) < 4.78 is 0. The molecule has 0 fully saturated rings. The molecule has 0 spiro atoms. The average Bonchev–Trinajstić information content (AvgIpc) is 1.80. The number of rotatable bonds is 0. The molecule has 0 aliphatic carbocycles. The Morgan fingerprint density at radius 2 is 2.00 bits per heavy atom.